The highest BCUT2D eigenvalue weighted by Gasteiger charge is 3.09. The van der Waals surface area contributed by atoms with E-state index in [2.05, 4.69) is 13.3 Å². The maximum atomic E-state index is 5.96. The van der Waals surface area contributed by atoms with Crippen LogP contribution in [0.4, 0.5) is 0 Å². The van der Waals surface area contributed by atoms with E-state index in [1.165, 1.54) is 0 Å². The van der Waals surface area contributed by atoms with Crippen molar-refractivity contribution in [2.75, 3.05) is 13.3 Å². The van der Waals surface area contributed by atoms with Crippen molar-refractivity contribution in [3.8, 4) is 0 Å². The molecule has 9 heavy (non-hydrogen) atoms. The molecule has 1 spiro atoms. The zero-order valence-electron chi connectivity index (χ0n) is 5.14. The average Bonchev–Trinajstić information content (AvgIpc) is 2.55. The molecule has 0 aliphatic carbocycles. The van der Waals surface area contributed by atoms with Crippen LogP contribution in [0.2, 0.25) is 0 Å². The maximum Gasteiger partial charge on any atom is 0.340 e. The summed E-state index contributed by atoms with van der Waals surface area (Å²) in [5.41, 5.74) is 0. The fourth-order valence-electron chi connectivity index (χ4n) is 1.00. The van der Waals surface area contributed by atoms with Gasteiger partial charge in [0.15, 0.2) is 0 Å². The van der Waals surface area contributed by atoms with Crippen LogP contribution in [0.15, 0.2) is 0 Å². The molecule has 3 atom stereocenters. The average molecular weight is 213 g/mol. The van der Waals surface area contributed by atoms with Gasteiger partial charge in [-0.1, -0.05) is 0 Å². The summed E-state index contributed by atoms with van der Waals surface area (Å²) in [4.78, 5) is 0. The Morgan fingerprint density at radius 3 is 2.44 bits per heavy atom. The van der Waals surface area contributed by atoms with Crippen molar-refractivity contribution in [2.24, 2.45) is 0 Å². The van der Waals surface area contributed by atoms with Gasteiger partial charge in [0, 0.05) is 8.15 Å². The number of rotatable bonds is 2. The lowest BCUT2D eigenvalue weighted by Crippen LogP contribution is -1.64. The minimum absolute atomic E-state index is 0.0316. The molecule has 3 aliphatic rings. The van der Waals surface area contributed by atoms with Crippen LogP contribution in [0, 0.1) is 0 Å². The third kappa shape index (κ3) is 0.541. The van der Waals surface area contributed by atoms with Crippen molar-refractivity contribution in [1.82, 2.24) is 0 Å². The summed E-state index contributed by atoms with van der Waals surface area (Å²) in [6.07, 6.45) is 0. The van der Waals surface area contributed by atoms with E-state index < -0.39 is 6.46 Å². The summed E-state index contributed by atoms with van der Waals surface area (Å²) >= 11 is 0. The molecule has 0 aromatic heterocycles. The first-order valence-corrected chi connectivity index (χ1v) is 11.9. The van der Waals surface area contributed by atoms with E-state index in [1.807, 2.05) is 0 Å². The van der Waals surface area contributed by atoms with Crippen molar-refractivity contribution in [3.63, 3.8) is 0 Å². The van der Waals surface area contributed by atoms with Gasteiger partial charge < -0.3 is 0 Å². The summed E-state index contributed by atoms with van der Waals surface area (Å²) in [6, 6.07) is 0. The second kappa shape index (κ2) is 1.43. The SMILES string of the molecule is CP(C)OP12=PC13P=[P+]32. The molecular weight excluding hydrogens is 207 g/mol. The summed E-state index contributed by atoms with van der Waals surface area (Å²) < 4.78 is 6.89. The van der Waals surface area contributed by atoms with E-state index in [-0.39, 0.29) is 8.15 Å². The predicted octanol–water partition coefficient (Wildman–Crippen LogP) is 4.36. The lowest BCUT2D eigenvalue weighted by molar-refractivity contribution is 0.716. The quantitative estimate of drug-likeness (QED) is 0.619. The van der Waals surface area contributed by atoms with E-state index in [0.29, 0.717) is 6.90 Å². The van der Waals surface area contributed by atoms with E-state index >= 15 is 0 Å². The minimum Gasteiger partial charge on any atom is -0.294 e. The van der Waals surface area contributed by atoms with Crippen LogP contribution >= 0.6 is 37.2 Å². The molecule has 0 N–H and O–H groups in total. The van der Waals surface area contributed by atoms with Crippen molar-refractivity contribution < 1.29 is 4.31 Å². The number of fused-ring (bicyclic) bond motifs is 1. The third-order valence-corrected chi connectivity index (χ3v) is 31.9. The van der Waals surface area contributed by atoms with E-state index in [9.17, 15) is 0 Å². The van der Waals surface area contributed by atoms with Crippen molar-refractivity contribution in [1.29, 1.82) is 0 Å². The molecule has 0 amide bonds. The normalized spacial score (nSPS) is 62.8. The standard InChI is InChI=1S/C3H6OP5/c1-7(2)4-9-3(6-9)5-8(3)9/h1-2H3/q+1. The van der Waals surface area contributed by atoms with E-state index in [0.717, 1.165) is 4.38 Å². The smallest absolute Gasteiger partial charge is 0.294 e. The van der Waals surface area contributed by atoms with Gasteiger partial charge in [-0.15, -0.1) is 0 Å². The fourth-order valence-corrected chi connectivity index (χ4v) is 41.6. The first-order chi connectivity index (χ1) is 4.21. The van der Waals surface area contributed by atoms with Gasteiger partial charge in [0.25, 0.3) is 6.46 Å². The molecule has 3 aliphatic heterocycles. The molecule has 0 bridgehead atoms. The monoisotopic (exact) mass is 213 g/mol. The highest BCUT2D eigenvalue weighted by Crippen LogP contribution is 3.40. The van der Waals surface area contributed by atoms with Gasteiger partial charge in [0.05, 0.1) is 7.87 Å². The Balaban J connectivity index is 1.84. The van der Waals surface area contributed by atoms with Crippen LogP contribution in [0.5, 0.6) is 0 Å². The van der Waals surface area contributed by atoms with Gasteiger partial charge in [0.1, 0.15) is 0 Å². The molecule has 0 saturated carbocycles. The second-order valence-electron chi connectivity index (χ2n) is 2.53. The molecule has 0 aromatic carbocycles. The Kier molecular flexibility index (Phi) is 0.996. The van der Waals surface area contributed by atoms with Gasteiger partial charge >= 0.3 is 4.38 Å². The van der Waals surface area contributed by atoms with Gasteiger partial charge in [0.2, 0.25) is 14.8 Å². The highest BCUT2D eigenvalue weighted by atomic mass is 32.5. The molecule has 3 rings (SSSR count). The Morgan fingerprint density at radius 1 is 1.67 bits per heavy atom. The Morgan fingerprint density at radius 2 is 2.33 bits per heavy atom. The van der Waals surface area contributed by atoms with Crippen molar-refractivity contribution >= 4 is 37.2 Å². The number of hydrogen-bond donors (Lipinski definition) is 0. The lowest BCUT2D eigenvalue weighted by atomic mass is 11.8. The molecule has 0 aromatic rings. The largest absolute Gasteiger partial charge is 0.340 e. The van der Waals surface area contributed by atoms with Crippen LogP contribution in [0.25, 0.3) is 0 Å². The van der Waals surface area contributed by atoms with Crippen LogP contribution in [0.3, 0.4) is 0 Å². The summed E-state index contributed by atoms with van der Waals surface area (Å²) in [6.45, 7) is 4.51. The topological polar surface area (TPSA) is 9.23 Å². The molecule has 3 heterocycles. The van der Waals surface area contributed by atoms with E-state index in [4.69, 9.17) is 4.31 Å². The summed E-state index contributed by atoms with van der Waals surface area (Å²) in [5, 5.41) is 0. The second-order valence-corrected chi connectivity index (χ2v) is 20.5. The summed E-state index contributed by atoms with van der Waals surface area (Å²) in [7, 11) is 3.53. The summed E-state index contributed by atoms with van der Waals surface area (Å²) in [5.74, 6) is 0. The van der Waals surface area contributed by atoms with Gasteiger partial charge in [-0.05, 0) is 13.3 Å². The van der Waals surface area contributed by atoms with Crippen LogP contribution < -0.4 is 0 Å². The molecule has 1 nitrogen and oxygen atoms in total. The molecule has 3 unspecified atom stereocenters. The maximum absolute atomic E-state index is 5.96. The van der Waals surface area contributed by atoms with Gasteiger partial charge in [-0.3, -0.25) is 4.31 Å². The Labute approximate surface area is 59.7 Å². The zero-order chi connectivity index (χ0) is 6.28. The number of hydrogen-bond acceptors (Lipinski definition) is 1. The lowest BCUT2D eigenvalue weighted by Gasteiger charge is -1.98. The van der Waals surface area contributed by atoms with Crippen molar-refractivity contribution in [2.45, 2.75) is 4.38 Å². The fraction of sp³-hybridized carbons (Fsp3) is 1.00. The van der Waals surface area contributed by atoms with E-state index in [1.54, 1.807) is 15.7 Å². The molecule has 0 radical (unpaired) electrons. The van der Waals surface area contributed by atoms with Gasteiger partial charge in [-0.25, -0.2) is 0 Å². The van der Waals surface area contributed by atoms with Crippen LogP contribution in [-0.2, 0) is 4.31 Å². The van der Waals surface area contributed by atoms with Crippen LogP contribution in [-0.4, -0.2) is 17.7 Å². The van der Waals surface area contributed by atoms with Crippen molar-refractivity contribution in [3.05, 3.63) is 0 Å². The molecule has 6 heteroatoms. The molecule has 1 saturated heterocycles. The third-order valence-electron chi connectivity index (χ3n) is 1.57. The first-order valence-electron chi connectivity index (χ1n) is 2.75. The molecule has 1 fully saturated rings. The molecule has 48 valence electrons. The molecular formula is C3H6OP5+. The van der Waals surface area contributed by atoms with Crippen LogP contribution in [0.1, 0.15) is 0 Å². The minimum atomic E-state index is -0.516. The first kappa shape index (κ1) is 6.26. The predicted molar refractivity (Wildman–Crippen MR) is 50.3 cm³/mol. The van der Waals surface area contributed by atoms with Gasteiger partial charge in [-0.2, -0.15) is 0 Å². The Hall–Kier alpha value is 1.72. The highest BCUT2D eigenvalue weighted by molar-refractivity contribution is 8.94. The zero-order valence-corrected chi connectivity index (χ0v) is 9.62. The Bertz CT molecular complexity index is 291.